The molecule has 2 atom stereocenters. The smallest absolute Gasteiger partial charge is 0.226 e. The Morgan fingerprint density at radius 2 is 2.05 bits per heavy atom. The second-order valence-electron chi connectivity index (χ2n) is 5.52. The van der Waals surface area contributed by atoms with E-state index in [-0.39, 0.29) is 0 Å². The second kappa shape index (κ2) is 6.12. The summed E-state index contributed by atoms with van der Waals surface area (Å²) in [6.07, 6.45) is 2.11. The van der Waals surface area contributed by atoms with Crippen molar-refractivity contribution in [3.63, 3.8) is 0 Å². The Morgan fingerprint density at radius 1 is 1.24 bits per heavy atom. The van der Waals surface area contributed by atoms with E-state index in [0.717, 1.165) is 18.5 Å². The van der Waals surface area contributed by atoms with Gasteiger partial charge < -0.3 is 10.1 Å². The maximum atomic E-state index is 5.60. The maximum absolute atomic E-state index is 5.60. The van der Waals surface area contributed by atoms with Crippen LogP contribution in [0.1, 0.15) is 36.9 Å². The molecule has 1 aliphatic rings. The molecule has 1 aliphatic carbocycles. The average Bonchev–Trinajstić information content (AvgIpc) is 3.24. The SMILES string of the molecule is CCCOc1cc(C)nc(NC2CC2c2ccccc2)n1. The van der Waals surface area contributed by atoms with Crippen LogP contribution in [0.5, 0.6) is 5.88 Å². The van der Waals surface area contributed by atoms with Gasteiger partial charge in [-0.1, -0.05) is 37.3 Å². The molecule has 1 aromatic carbocycles. The molecule has 0 aliphatic heterocycles. The first kappa shape index (κ1) is 13.9. The van der Waals surface area contributed by atoms with Crippen LogP contribution in [0.25, 0.3) is 0 Å². The highest BCUT2D eigenvalue weighted by molar-refractivity contribution is 5.39. The number of nitrogens with zero attached hydrogens (tertiary/aromatic N) is 2. The molecule has 0 amide bonds. The molecule has 1 fully saturated rings. The number of benzene rings is 1. The first-order valence-electron chi connectivity index (χ1n) is 7.56. The summed E-state index contributed by atoms with van der Waals surface area (Å²) in [6, 6.07) is 12.9. The van der Waals surface area contributed by atoms with E-state index in [1.54, 1.807) is 0 Å². The zero-order chi connectivity index (χ0) is 14.7. The Morgan fingerprint density at radius 3 is 2.81 bits per heavy atom. The van der Waals surface area contributed by atoms with E-state index in [2.05, 4.69) is 52.5 Å². The second-order valence-corrected chi connectivity index (χ2v) is 5.52. The third kappa shape index (κ3) is 3.51. The fraction of sp³-hybridized carbons (Fsp3) is 0.412. The number of aryl methyl sites for hydroxylation is 1. The predicted molar refractivity (Wildman–Crippen MR) is 83.8 cm³/mol. The van der Waals surface area contributed by atoms with Gasteiger partial charge >= 0.3 is 0 Å². The Bertz CT molecular complexity index is 600. The zero-order valence-corrected chi connectivity index (χ0v) is 12.5. The van der Waals surface area contributed by atoms with Gasteiger partial charge in [0, 0.05) is 23.7 Å². The maximum Gasteiger partial charge on any atom is 0.226 e. The van der Waals surface area contributed by atoms with Crippen molar-refractivity contribution in [3.8, 4) is 5.88 Å². The molecular formula is C17H21N3O. The lowest BCUT2D eigenvalue weighted by Crippen LogP contribution is -2.09. The van der Waals surface area contributed by atoms with Gasteiger partial charge in [-0.2, -0.15) is 4.98 Å². The van der Waals surface area contributed by atoms with Crippen LogP contribution in [0.2, 0.25) is 0 Å². The number of hydrogen-bond donors (Lipinski definition) is 1. The largest absolute Gasteiger partial charge is 0.478 e. The Balaban J connectivity index is 1.65. The molecule has 0 radical (unpaired) electrons. The number of hydrogen-bond acceptors (Lipinski definition) is 4. The van der Waals surface area contributed by atoms with Crippen molar-refractivity contribution in [3.05, 3.63) is 47.7 Å². The standard InChI is InChI=1S/C17H21N3O/c1-3-9-21-16-10-12(2)18-17(20-16)19-15-11-14(15)13-7-5-4-6-8-13/h4-8,10,14-15H,3,9,11H2,1-2H3,(H,18,19,20). The quantitative estimate of drug-likeness (QED) is 0.881. The molecule has 0 spiro atoms. The fourth-order valence-corrected chi connectivity index (χ4v) is 2.47. The Labute approximate surface area is 125 Å². The zero-order valence-electron chi connectivity index (χ0n) is 12.5. The van der Waals surface area contributed by atoms with E-state index in [1.807, 2.05) is 13.0 Å². The number of anilines is 1. The highest BCUT2D eigenvalue weighted by Crippen LogP contribution is 2.42. The lowest BCUT2D eigenvalue weighted by Gasteiger charge is -2.09. The summed E-state index contributed by atoms with van der Waals surface area (Å²) in [4.78, 5) is 8.88. The van der Waals surface area contributed by atoms with E-state index >= 15 is 0 Å². The van der Waals surface area contributed by atoms with E-state index in [9.17, 15) is 0 Å². The molecule has 4 nitrogen and oxygen atoms in total. The molecule has 0 saturated heterocycles. The third-order valence-electron chi connectivity index (χ3n) is 3.62. The fourth-order valence-electron chi connectivity index (χ4n) is 2.47. The van der Waals surface area contributed by atoms with Crippen LogP contribution in [0, 0.1) is 6.92 Å². The number of aromatic nitrogens is 2. The van der Waals surface area contributed by atoms with E-state index in [0.29, 0.717) is 30.4 Å². The monoisotopic (exact) mass is 283 g/mol. The van der Waals surface area contributed by atoms with Crippen LogP contribution >= 0.6 is 0 Å². The van der Waals surface area contributed by atoms with E-state index < -0.39 is 0 Å². The predicted octanol–water partition coefficient (Wildman–Crippen LogP) is 3.54. The Hall–Kier alpha value is -2.10. The molecule has 1 aromatic heterocycles. The summed E-state index contributed by atoms with van der Waals surface area (Å²) >= 11 is 0. The van der Waals surface area contributed by atoms with E-state index in [1.165, 1.54) is 5.56 Å². The molecule has 110 valence electrons. The highest BCUT2D eigenvalue weighted by atomic mass is 16.5. The van der Waals surface area contributed by atoms with Gasteiger partial charge in [0.2, 0.25) is 11.8 Å². The van der Waals surface area contributed by atoms with Crippen LogP contribution in [-0.2, 0) is 0 Å². The van der Waals surface area contributed by atoms with Crippen molar-refractivity contribution in [2.24, 2.45) is 0 Å². The van der Waals surface area contributed by atoms with Crippen molar-refractivity contribution < 1.29 is 4.74 Å². The van der Waals surface area contributed by atoms with Crippen molar-refractivity contribution in [2.75, 3.05) is 11.9 Å². The van der Waals surface area contributed by atoms with Crippen LogP contribution in [-0.4, -0.2) is 22.6 Å². The molecule has 1 heterocycles. The van der Waals surface area contributed by atoms with Crippen LogP contribution in [0.4, 0.5) is 5.95 Å². The molecule has 0 bridgehead atoms. The average molecular weight is 283 g/mol. The summed E-state index contributed by atoms with van der Waals surface area (Å²) in [7, 11) is 0. The van der Waals surface area contributed by atoms with Crippen LogP contribution in [0.3, 0.4) is 0 Å². The van der Waals surface area contributed by atoms with Gasteiger partial charge in [-0.15, -0.1) is 0 Å². The van der Waals surface area contributed by atoms with Gasteiger partial charge in [0.05, 0.1) is 6.61 Å². The van der Waals surface area contributed by atoms with Gasteiger partial charge in [-0.05, 0) is 25.3 Å². The van der Waals surface area contributed by atoms with Crippen molar-refractivity contribution >= 4 is 5.95 Å². The molecular weight excluding hydrogens is 262 g/mol. The number of nitrogens with one attached hydrogen (secondary N) is 1. The van der Waals surface area contributed by atoms with Gasteiger partial charge in [-0.25, -0.2) is 4.98 Å². The van der Waals surface area contributed by atoms with Crippen LogP contribution < -0.4 is 10.1 Å². The summed E-state index contributed by atoms with van der Waals surface area (Å²) in [6.45, 7) is 4.74. The normalized spacial score (nSPS) is 20.1. The molecule has 3 rings (SSSR count). The van der Waals surface area contributed by atoms with Crippen molar-refractivity contribution in [1.82, 2.24) is 9.97 Å². The first-order valence-corrected chi connectivity index (χ1v) is 7.56. The summed E-state index contributed by atoms with van der Waals surface area (Å²) < 4.78 is 5.60. The van der Waals surface area contributed by atoms with Gasteiger partial charge in [0.15, 0.2) is 0 Å². The summed E-state index contributed by atoms with van der Waals surface area (Å²) in [5, 5.41) is 3.42. The lowest BCUT2D eigenvalue weighted by molar-refractivity contribution is 0.305. The first-order chi connectivity index (χ1) is 10.3. The molecule has 4 heteroatoms. The number of rotatable bonds is 6. The van der Waals surface area contributed by atoms with Crippen molar-refractivity contribution in [1.29, 1.82) is 0 Å². The van der Waals surface area contributed by atoms with E-state index in [4.69, 9.17) is 4.74 Å². The topological polar surface area (TPSA) is 47.0 Å². The minimum Gasteiger partial charge on any atom is -0.478 e. The molecule has 2 unspecified atom stereocenters. The van der Waals surface area contributed by atoms with Gasteiger partial charge in [-0.3, -0.25) is 0 Å². The number of ether oxygens (including phenoxy) is 1. The minimum absolute atomic E-state index is 0.424. The molecule has 1 saturated carbocycles. The van der Waals surface area contributed by atoms with Gasteiger partial charge in [0.1, 0.15) is 0 Å². The van der Waals surface area contributed by atoms with Crippen molar-refractivity contribution in [2.45, 2.75) is 38.6 Å². The molecule has 21 heavy (non-hydrogen) atoms. The third-order valence-corrected chi connectivity index (χ3v) is 3.62. The summed E-state index contributed by atoms with van der Waals surface area (Å²) in [5.41, 5.74) is 2.31. The minimum atomic E-state index is 0.424. The van der Waals surface area contributed by atoms with Crippen LogP contribution in [0.15, 0.2) is 36.4 Å². The molecule has 2 aromatic rings. The van der Waals surface area contributed by atoms with Gasteiger partial charge in [0.25, 0.3) is 0 Å². The highest BCUT2D eigenvalue weighted by Gasteiger charge is 2.38. The Kier molecular flexibility index (Phi) is 4.04. The molecule has 1 N–H and O–H groups in total. The lowest BCUT2D eigenvalue weighted by atomic mass is 10.1. The summed E-state index contributed by atoms with van der Waals surface area (Å²) in [5.74, 6) is 1.89.